The molecule has 0 amide bonds. The van der Waals surface area contributed by atoms with Crippen LogP contribution in [0.3, 0.4) is 0 Å². The minimum atomic E-state index is -3.86. The van der Waals surface area contributed by atoms with Crippen molar-refractivity contribution in [3.05, 3.63) is 70.4 Å². The molecule has 0 radical (unpaired) electrons. The quantitative estimate of drug-likeness (QED) is 0.0728. The topological polar surface area (TPSA) is 43.4 Å². The summed E-state index contributed by atoms with van der Waals surface area (Å²) in [6.07, 6.45) is 15.9. The van der Waals surface area contributed by atoms with Gasteiger partial charge in [0.1, 0.15) is 0 Å². The van der Waals surface area contributed by atoms with Crippen molar-refractivity contribution in [2.24, 2.45) is 0 Å². The second kappa shape index (κ2) is 17.8. The molecule has 2 rings (SSSR count). The van der Waals surface area contributed by atoms with Gasteiger partial charge >= 0.3 is 228 Å². The van der Waals surface area contributed by atoms with Crippen LogP contribution in [-0.2, 0) is 14.3 Å². The first-order valence-corrected chi connectivity index (χ1v) is 17.0. The van der Waals surface area contributed by atoms with E-state index in [1.54, 1.807) is 12.1 Å². The molecule has 0 aliphatic rings. The predicted octanol–water partition coefficient (Wildman–Crippen LogP) is 8.44. The van der Waals surface area contributed by atoms with E-state index in [0.29, 0.717) is 12.2 Å². The van der Waals surface area contributed by atoms with Crippen LogP contribution >= 0.6 is 0 Å². The summed E-state index contributed by atoms with van der Waals surface area (Å²) in [4.78, 5) is 0.236. The SMILES string of the molecule is CCCCCCCC/C(OS(=O)(=O)c1ccc(C)cc1)=C(/CCCCCCCC)[Se]c1ccccc1. The number of allylic oxidation sites excluding steroid dienone is 2. The molecule has 0 aromatic heterocycles. The summed E-state index contributed by atoms with van der Waals surface area (Å²) in [6, 6.07) is 17.4. The second-order valence-electron chi connectivity index (χ2n) is 9.65. The molecule has 200 valence electrons. The number of rotatable bonds is 19. The van der Waals surface area contributed by atoms with E-state index in [1.165, 1.54) is 66.7 Å². The van der Waals surface area contributed by atoms with Gasteiger partial charge in [-0.3, -0.25) is 0 Å². The van der Waals surface area contributed by atoms with Crippen molar-refractivity contribution >= 4 is 29.5 Å². The molecule has 3 nitrogen and oxygen atoms in total. The summed E-state index contributed by atoms with van der Waals surface area (Å²) in [6.45, 7) is 6.43. The second-order valence-corrected chi connectivity index (χ2v) is 13.6. The average Bonchev–Trinajstić information content (AvgIpc) is 2.87. The molecule has 0 spiro atoms. The molecule has 0 saturated heterocycles. The van der Waals surface area contributed by atoms with Crippen LogP contribution in [0.5, 0.6) is 0 Å². The summed E-state index contributed by atoms with van der Waals surface area (Å²) >= 11 is 0.0466. The number of benzene rings is 2. The average molecular weight is 578 g/mol. The van der Waals surface area contributed by atoms with E-state index in [0.717, 1.165) is 31.2 Å². The number of aryl methyl sites for hydroxylation is 1. The van der Waals surface area contributed by atoms with Gasteiger partial charge in [0.25, 0.3) is 0 Å². The van der Waals surface area contributed by atoms with Crippen LogP contribution in [0.15, 0.2) is 69.7 Å². The first-order valence-electron chi connectivity index (χ1n) is 13.9. The van der Waals surface area contributed by atoms with Crippen molar-refractivity contribution in [2.45, 2.75) is 116 Å². The van der Waals surface area contributed by atoms with Crippen LogP contribution in [0.1, 0.15) is 109 Å². The summed E-state index contributed by atoms with van der Waals surface area (Å²) in [7, 11) is -3.86. The molecular weight excluding hydrogens is 531 g/mol. The first kappa shape index (κ1) is 30.7. The van der Waals surface area contributed by atoms with Gasteiger partial charge in [0, 0.05) is 0 Å². The summed E-state index contributed by atoms with van der Waals surface area (Å²) in [5.74, 6) is 0.698. The van der Waals surface area contributed by atoms with Crippen molar-refractivity contribution in [2.75, 3.05) is 0 Å². The van der Waals surface area contributed by atoms with Crippen LogP contribution in [0.2, 0.25) is 0 Å². The maximum atomic E-state index is 13.3. The summed E-state index contributed by atoms with van der Waals surface area (Å²) < 4.78 is 35.0. The predicted molar refractivity (Wildman–Crippen MR) is 154 cm³/mol. The van der Waals surface area contributed by atoms with Crippen LogP contribution in [0.4, 0.5) is 0 Å². The van der Waals surface area contributed by atoms with E-state index in [2.05, 4.69) is 38.1 Å². The molecule has 0 aliphatic carbocycles. The molecule has 0 N–H and O–H groups in total. The molecule has 0 heterocycles. The Kier molecular flexibility index (Phi) is 15.2. The van der Waals surface area contributed by atoms with Crippen molar-refractivity contribution in [3.63, 3.8) is 0 Å². The van der Waals surface area contributed by atoms with Crippen LogP contribution in [0.25, 0.3) is 0 Å². The van der Waals surface area contributed by atoms with Gasteiger partial charge in [0.2, 0.25) is 0 Å². The number of hydrogen-bond donors (Lipinski definition) is 0. The molecule has 0 atom stereocenters. The maximum absolute atomic E-state index is 13.3. The molecule has 0 saturated carbocycles. The van der Waals surface area contributed by atoms with E-state index in [-0.39, 0.29) is 19.9 Å². The van der Waals surface area contributed by atoms with Gasteiger partial charge in [0.15, 0.2) is 0 Å². The first-order chi connectivity index (χ1) is 17.5. The van der Waals surface area contributed by atoms with E-state index < -0.39 is 10.1 Å². The molecule has 36 heavy (non-hydrogen) atoms. The van der Waals surface area contributed by atoms with Gasteiger partial charge in [-0.2, -0.15) is 0 Å². The van der Waals surface area contributed by atoms with E-state index in [1.807, 2.05) is 25.1 Å². The van der Waals surface area contributed by atoms with Crippen molar-refractivity contribution in [3.8, 4) is 0 Å². The third-order valence-corrected chi connectivity index (χ3v) is 10.1. The fourth-order valence-electron chi connectivity index (χ4n) is 4.12. The van der Waals surface area contributed by atoms with Gasteiger partial charge in [-0.25, -0.2) is 0 Å². The van der Waals surface area contributed by atoms with Crippen LogP contribution in [0, 0.1) is 6.92 Å². The van der Waals surface area contributed by atoms with Gasteiger partial charge in [-0.1, -0.05) is 0 Å². The molecular formula is C31H46O3SSe. The molecule has 0 aliphatic heterocycles. The summed E-state index contributed by atoms with van der Waals surface area (Å²) in [5.41, 5.74) is 1.04. The Bertz CT molecular complexity index is 982. The number of unbranched alkanes of at least 4 members (excludes halogenated alkanes) is 10. The zero-order valence-corrected chi connectivity index (χ0v) is 25.2. The standard InChI is InChI=1S/C31H46O3SSe/c1-4-6-8-10-12-17-21-30(34-35(32,33)28-25-23-27(3)24-26-28)31(22-18-13-11-9-7-5-2)36-29-19-15-14-16-20-29/h14-16,19-20,23-26H,4-13,17-18,21-22H2,1-3H3/b31-30+. The van der Waals surface area contributed by atoms with Gasteiger partial charge in [-0.15, -0.1) is 0 Å². The molecule has 0 fully saturated rings. The van der Waals surface area contributed by atoms with E-state index in [4.69, 9.17) is 4.18 Å². The van der Waals surface area contributed by atoms with Crippen LogP contribution in [-0.4, -0.2) is 23.4 Å². The van der Waals surface area contributed by atoms with E-state index in [9.17, 15) is 8.42 Å². The van der Waals surface area contributed by atoms with Gasteiger partial charge in [0.05, 0.1) is 0 Å². The minimum absolute atomic E-state index is 0.0466. The van der Waals surface area contributed by atoms with Crippen molar-refractivity contribution in [1.82, 2.24) is 0 Å². The Labute approximate surface area is 227 Å². The molecule has 0 bridgehead atoms. The van der Waals surface area contributed by atoms with Crippen molar-refractivity contribution in [1.29, 1.82) is 0 Å². The third kappa shape index (κ3) is 12.1. The Morgan fingerprint density at radius 1 is 0.694 bits per heavy atom. The monoisotopic (exact) mass is 578 g/mol. The third-order valence-electron chi connectivity index (χ3n) is 6.33. The molecule has 5 heteroatoms. The Morgan fingerprint density at radius 2 is 1.22 bits per heavy atom. The fraction of sp³-hybridized carbons (Fsp3) is 0.548. The zero-order valence-electron chi connectivity index (χ0n) is 22.6. The fourth-order valence-corrected chi connectivity index (χ4v) is 7.53. The normalized spacial score (nSPS) is 12.4. The molecule has 0 unspecified atom stereocenters. The Balaban J connectivity index is 2.26. The van der Waals surface area contributed by atoms with Gasteiger partial charge in [-0.05, 0) is 0 Å². The van der Waals surface area contributed by atoms with E-state index >= 15 is 0 Å². The Hall–Kier alpha value is -1.55. The number of hydrogen-bond acceptors (Lipinski definition) is 3. The zero-order chi connectivity index (χ0) is 26.1. The Morgan fingerprint density at radius 3 is 1.81 bits per heavy atom. The van der Waals surface area contributed by atoms with Crippen molar-refractivity contribution < 1.29 is 12.6 Å². The summed E-state index contributed by atoms with van der Waals surface area (Å²) in [5, 5.41) is 0. The van der Waals surface area contributed by atoms with Gasteiger partial charge < -0.3 is 0 Å². The van der Waals surface area contributed by atoms with Crippen LogP contribution < -0.4 is 4.46 Å². The molecule has 2 aromatic carbocycles. The molecule has 2 aromatic rings.